The molecule has 1 aliphatic heterocycles. The quantitative estimate of drug-likeness (QED) is 0.604. The molecule has 0 N–H and O–H groups in total. The van der Waals surface area contributed by atoms with E-state index in [1.165, 1.54) is 0 Å². The van der Waals surface area contributed by atoms with Crippen LogP contribution < -0.4 is 4.74 Å². The van der Waals surface area contributed by atoms with Gasteiger partial charge in [0.05, 0.1) is 0 Å². The largest absolute Gasteiger partial charge is 0.488 e. The zero-order valence-electron chi connectivity index (χ0n) is 10.5. The van der Waals surface area contributed by atoms with Crippen molar-refractivity contribution in [3.05, 3.63) is 35.4 Å². The summed E-state index contributed by atoms with van der Waals surface area (Å²) in [5.41, 5.74) is 1.69. The van der Waals surface area contributed by atoms with Crippen LogP contribution in [-0.2, 0) is 14.2 Å². The molecule has 0 atom stereocenters. The molecule has 0 spiro atoms. The predicted octanol–water partition coefficient (Wildman–Crippen LogP) is 5.08. The number of benzene rings is 1. The highest BCUT2D eigenvalue weighted by Gasteiger charge is 2.34. The molecule has 2 aromatic rings. The van der Waals surface area contributed by atoms with Crippen molar-refractivity contribution in [1.82, 2.24) is 15.0 Å². The molecule has 1 aromatic carbocycles. The van der Waals surface area contributed by atoms with E-state index in [1.807, 2.05) is 6.07 Å². The van der Waals surface area contributed by atoms with E-state index < -0.39 is 7.59 Å². The Labute approximate surface area is 155 Å². The number of rotatable bonds is 1. The van der Waals surface area contributed by atoms with Gasteiger partial charge < -0.3 is 4.74 Å². The smallest absolute Gasteiger partial charge is 0.250 e. The Morgan fingerprint density at radius 3 is 1.86 bits per heavy atom. The number of alkyl halides is 6. The lowest BCUT2D eigenvalue weighted by atomic mass is 10.1. The molecule has 10 heteroatoms. The molecule has 3 rings (SSSR count). The average molecular weight is 420 g/mol. The number of hydrogen-bond acceptors (Lipinski definition) is 4. The maximum Gasteiger partial charge on any atom is 0.250 e. The van der Waals surface area contributed by atoms with Crippen LogP contribution in [0.15, 0.2) is 18.2 Å². The second kappa shape index (κ2) is 5.69. The van der Waals surface area contributed by atoms with Crippen molar-refractivity contribution in [1.29, 1.82) is 0 Å². The van der Waals surface area contributed by atoms with Crippen LogP contribution in [0, 0.1) is 0 Å². The van der Waals surface area contributed by atoms with Gasteiger partial charge in [0.25, 0.3) is 0 Å². The van der Waals surface area contributed by atoms with E-state index in [0.29, 0.717) is 12.2 Å². The molecule has 0 amide bonds. The first-order chi connectivity index (χ1) is 10.1. The molecule has 22 heavy (non-hydrogen) atoms. The maximum absolute atomic E-state index is 5.84. The summed E-state index contributed by atoms with van der Waals surface area (Å²) < 4.78 is 1.50. The highest BCUT2D eigenvalue weighted by Crippen LogP contribution is 2.41. The summed E-state index contributed by atoms with van der Waals surface area (Å²) in [7, 11) is 0. The molecule has 0 saturated heterocycles. The minimum atomic E-state index is -1.87. The summed E-state index contributed by atoms with van der Waals surface area (Å²) >= 11 is 35.0. The third-order valence-corrected chi connectivity index (χ3v) is 3.86. The molecule has 0 aliphatic carbocycles. The van der Waals surface area contributed by atoms with Gasteiger partial charge in [-0.25, -0.2) is 15.0 Å². The molecule has 2 heterocycles. The first-order valence-electron chi connectivity index (χ1n) is 5.81. The molecule has 4 nitrogen and oxygen atoms in total. The minimum Gasteiger partial charge on any atom is -0.488 e. The third-order valence-electron chi connectivity index (χ3n) is 2.84. The van der Waals surface area contributed by atoms with Crippen molar-refractivity contribution in [3.63, 3.8) is 0 Å². The highest BCUT2D eigenvalue weighted by molar-refractivity contribution is 6.67. The maximum atomic E-state index is 5.84. The lowest BCUT2D eigenvalue weighted by molar-refractivity contribution is 0.243. The number of halogens is 6. The van der Waals surface area contributed by atoms with Gasteiger partial charge in [0.15, 0.2) is 17.5 Å². The highest BCUT2D eigenvalue weighted by atomic mass is 35.6. The molecule has 0 bridgehead atoms. The fourth-order valence-electron chi connectivity index (χ4n) is 1.81. The van der Waals surface area contributed by atoms with E-state index in [1.54, 1.807) is 12.1 Å². The summed E-state index contributed by atoms with van der Waals surface area (Å²) in [5, 5.41) is 0. The fourth-order valence-corrected chi connectivity index (χ4v) is 2.31. The van der Waals surface area contributed by atoms with Crippen LogP contribution in [0.1, 0.15) is 17.2 Å². The van der Waals surface area contributed by atoms with Gasteiger partial charge in [0.1, 0.15) is 12.4 Å². The van der Waals surface area contributed by atoms with Crippen molar-refractivity contribution >= 4 is 69.6 Å². The second-order valence-corrected chi connectivity index (χ2v) is 8.98. The van der Waals surface area contributed by atoms with Crippen molar-refractivity contribution in [3.8, 4) is 17.1 Å². The Bertz CT molecular complexity index is 708. The Kier molecular flexibility index (Phi) is 4.30. The molecule has 1 aromatic heterocycles. The molecule has 0 unspecified atom stereocenters. The molecule has 0 fully saturated rings. The summed E-state index contributed by atoms with van der Waals surface area (Å²) in [6.45, 7) is 0.517. The first-order valence-corrected chi connectivity index (χ1v) is 8.08. The van der Waals surface area contributed by atoms with Gasteiger partial charge in [-0.2, -0.15) is 0 Å². The predicted molar refractivity (Wildman–Crippen MR) is 88.1 cm³/mol. The SMILES string of the molecule is ClC(Cl)(Cl)c1nc(-c2ccc3c(c2)CO3)nc(C(Cl)(Cl)Cl)n1. The topological polar surface area (TPSA) is 47.9 Å². The molecule has 0 saturated carbocycles. The van der Waals surface area contributed by atoms with E-state index in [0.717, 1.165) is 11.3 Å². The number of fused-ring (bicyclic) bond motifs is 1. The van der Waals surface area contributed by atoms with Gasteiger partial charge in [-0.3, -0.25) is 0 Å². The van der Waals surface area contributed by atoms with Gasteiger partial charge >= 0.3 is 0 Å². The molecular weight excluding hydrogens is 415 g/mol. The summed E-state index contributed by atoms with van der Waals surface area (Å²) in [4.78, 5) is 12.2. The van der Waals surface area contributed by atoms with Crippen molar-refractivity contribution in [2.24, 2.45) is 0 Å². The Balaban J connectivity index is 2.15. The van der Waals surface area contributed by atoms with Crippen LogP contribution in [0.5, 0.6) is 5.75 Å². The summed E-state index contributed by atoms with van der Waals surface area (Å²) in [6, 6.07) is 5.41. The number of aromatic nitrogens is 3. The van der Waals surface area contributed by atoms with E-state index in [2.05, 4.69) is 15.0 Å². The minimum absolute atomic E-state index is 0.122. The van der Waals surface area contributed by atoms with Gasteiger partial charge in [0.2, 0.25) is 7.59 Å². The van der Waals surface area contributed by atoms with E-state index in [-0.39, 0.29) is 17.5 Å². The first kappa shape index (κ1) is 16.6. The van der Waals surface area contributed by atoms with E-state index in [4.69, 9.17) is 74.3 Å². The van der Waals surface area contributed by atoms with Crippen molar-refractivity contribution < 1.29 is 4.74 Å². The van der Waals surface area contributed by atoms with Crippen LogP contribution in [0.2, 0.25) is 0 Å². The zero-order valence-corrected chi connectivity index (χ0v) is 15.0. The second-order valence-electron chi connectivity index (χ2n) is 4.41. The van der Waals surface area contributed by atoms with Crippen molar-refractivity contribution in [2.75, 3.05) is 0 Å². The van der Waals surface area contributed by atoms with Crippen LogP contribution in [0.25, 0.3) is 11.4 Å². The van der Waals surface area contributed by atoms with Gasteiger partial charge in [-0.15, -0.1) is 0 Å². The molecule has 1 aliphatic rings. The number of hydrogen-bond donors (Lipinski definition) is 0. The monoisotopic (exact) mass is 417 g/mol. The van der Waals surface area contributed by atoms with Crippen LogP contribution in [-0.4, -0.2) is 15.0 Å². The number of nitrogens with zero attached hydrogens (tertiary/aromatic N) is 3. The normalized spacial score (nSPS) is 14.1. The van der Waals surface area contributed by atoms with E-state index >= 15 is 0 Å². The third kappa shape index (κ3) is 3.32. The van der Waals surface area contributed by atoms with Crippen molar-refractivity contribution in [2.45, 2.75) is 14.2 Å². The number of ether oxygens (including phenoxy) is 1. The lowest BCUT2D eigenvalue weighted by Crippen LogP contribution is -2.17. The summed E-state index contributed by atoms with van der Waals surface area (Å²) in [6.07, 6.45) is 0. The van der Waals surface area contributed by atoms with E-state index in [9.17, 15) is 0 Å². The standard InChI is InChI=1S/C12H5Cl6N3O/c13-11(14,15)9-19-8(20-10(21-9)12(16,17)18)5-1-2-7-6(3-5)4-22-7/h1-3H,4H2. The Morgan fingerprint density at radius 1 is 0.864 bits per heavy atom. The van der Waals surface area contributed by atoms with Crippen LogP contribution in [0.3, 0.4) is 0 Å². The zero-order chi connectivity index (χ0) is 16.1. The van der Waals surface area contributed by atoms with Gasteiger partial charge in [0, 0.05) is 11.1 Å². The van der Waals surface area contributed by atoms with Crippen LogP contribution >= 0.6 is 69.6 Å². The van der Waals surface area contributed by atoms with Gasteiger partial charge in [-0.1, -0.05) is 69.6 Å². The Morgan fingerprint density at radius 2 is 1.45 bits per heavy atom. The molecular formula is C12H5Cl6N3O. The van der Waals surface area contributed by atoms with Gasteiger partial charge in [-0.05, 0) is 18.2 Å². The summed E-state index contributed by atoms with van der Waals surface area (Å²) in [5.74, 6) is 0.805. The Hall–Kier alpha value is -0.230. The lowest BCUT2D eigenvalue weighted by Gasteiger charge is -2.21. The molecule has 116 valence electrons. The average Bonchev–Trinajstić information content (AvgIpc) is 2.38. The van der Waals surface area contributed by atoms with Crippen LogP contribution in [0.4, 0.5) is 0 Å². The molecule has 0 radical (unpaired) electrons. The fraction of sp³-hybridized carbons (Fsp3) is 0.250.